The standard InChI is InChI=1S/C13H15BrN2OS2/c1-16(5-6-18-2)13(17)12-11(15)9-7-8(14)3-4-10(9)19-12/h3-4,7H,5-6,15H2,1-2H3. The van der Waals surface area contributed by atoms with E-state index in [1.165, 1.54) is 11.3 Å². The summed E-state index contributed by atoms with van der Waals surface area (Å²) in [5.74, 6) is 0.933. The molecular formula is C13H15BrN2OS2. The minimum Gasteiger partial charge on any atom is -0.397 e. The van der Waals surface area contributed by atoms with E-state index in [0.29, 0.717) is 10.6 Å². The molecule has 0 unspecified atom stereocenters. The van der Waals surface area contributed by atoms with Crippen molar-refractivity contribution in [1.82, 2.24) is 4.90 Å². The lowest BCUT2D eigenvalue weighted by atomic mass is 10.2. The molecule has 0 aliphatic carbocycles. The minimum atomic E-state index is 0.00359. The van der Waals surface area contributed by atoms with Crippen LogP contribution in [0.1, 0.15) is 9.67 Å². The van der Waals surface area contributed by atoms with Crippen molar-refractivity contribution in [2.24, 2.45) is 0 Å². The molecule has 102 valence electrons. The Labute approximate surface area is 129 Å². The first-order valence-electron chi connectivity index (χ1n) is 5.76. The fourth-order valence-corrected chi connectivity index (χ4v) is 3.67. The maximum absolute atomic E-state index is 12.4. The molecule has 0 spiro atoms. The fourth-order valence-electron chi connectivity index (χ4n) is 1.75. The van der Waals surface area contributed by atoms with Crippen molar-refractivity contribution < 1.29 is 4.79 Å². The molecule has 1 amide bonds. The van der Waals surface area contributed by atoms with Crippen molar-refractivity contribution in [2.45, 2.75) is 0 Å². The van der Waals surface area contributed by atoms with Crippen molar-refractivity contribution >= 4 is 60.7 Å². The summed E-state index contributed by atoms with van der Waals surface area (Å²) in [5, 5.41) is 0.945. The molecule has 0 saturated carbocycles. The smallest absolute Gasteiger partial charge is 0.265 e. The zero-order chi connectivity index (χ0) is 14.0. The van der Waals surface area contributed by atoms with E-state index in [1.807, 2.05) is 31.5 Å². The second-order valence-corrected chi connectivity index (χ2v) is 7.16. The average Bonchev–Trinajstić information content (AvgIpc) is 2.72. The van der Waals surface area contributed by atoms with Crippen LogP contribution in [0, 0.1) is 0 Å². The molecule has 0 aliphatic rings. The Morgan fingerprint density at radius 1 is 1.53 bits per heavy atom. The number of benzene rings is 1. The summed E-state index contributed by atoms with van der Waals surface area (Å²) in [5.41, 5.74) is 6.70. The first-order chi connectivity index (χ1) is 9.04. The maximum atomic E-state index is 12.4. The van der Waals surface area contributed by atoms with E-state index in [0.717, 1.165) is 26.9 Å². The van der Waals surface area contributed by atoms with Gasteiger partial charge in [-0.2, -0.15) is 11.8 Å². The van der Waals surface area contributed by atoms with Crippen LogP contribution in [0.15, 0.2) is 22.7 Å². The maximum Gasteiger partial charge on any atom is 0.265 e. The number of hydrogen-bond acceptors (Lipinski definition) is 4. The number of nitrogen functional groups attached to an aromatic ring is 1. The molecule has 1 aromatic heterocycles. The predicted molar refractivity (Wildman–Crippen MR) is 89.3 cm³/mol. The van der Waals surface area contributed by atoms with Crippen molar-refractivity contribution in [3.8, 4) is 0 Å². The van der Waals surface area contributed by atoms with Crippen molar-refractivity contribution in [2.75, 3.05) is 31.3 Å². The summed E-state index contributed by atoms with van der Waals surface area (Å²) in [6, 6.07) is 5.91. The number of carbonyl (C=O) groups excluding carboxylic acids is 1. The van der Waals surface area contributed by atoms with Gasteiger partial charge in [0.1, 0.15) is 4.88 Å². The van der Waals surface area contributed by atoms with E-state index in [9.17, 15) is 4.79 Å². The third-order valence-corrected chi connectivity index (χ3v) is 5.12. The van der Waals surface area contributed by atoms with Crippen LogP contribution in [-0.2, 0) is 0 Å². The van der Waals surface area contributed by atoms with Crippen LogP contribution in [0.25, 0.3) is 10.1 Å². The van der Waals surface area contributed by atoms with Gasteiger partial charge >= 0.3 is 0 Å². The SMILES string of the molecule is CSCCN(C)C(=O)c1sc2ccc(Br)cc2c1N. The zero-order valence-electron chi connectivity index (χ0n) is 10.8. The molecule has 0 aliphatic heterocycles. The van der Waals surface area contributed by atoms with Crippen LogP contribution in [0.3, 0.4) is 0 Å². The second-order valence-electron chi connectivity index (χ2n) is 4.20. The monoisotopic (exact) mass is 358 g/mol. The Morgan fingerprint density at radius 3 is 2.95 bits per heavy atom. The zero-order valence-corrected chi connectivity index (χ0v) is 14.0. The van der Waals surface area contributed by atoms with Gasteiger partial charge in [-0.05, 0) is 24.5 Å². The third kappa shape index (κ3) is 3.07. The number of rotatable bonds is 4. The highest BCUT2D eigenvalue weighted by Crippen LogP contribution is 2.35. The Kier molecular flexibility index (Phi) is 4.76. The van der Waals surface area contributed by atoms with Gasteiger partial charge in [-0.1, -0.05) is 15.9 Å². The van der Waals surface area contributed by atoms with Gasteiger partial charge in [0.05, 0.1) is 5.69 Å². The van der Waals surface area contributed by atoms with E-state index in [4.69, 9.17) is 5.73 Å². The molecule has 1 heterocycles. The predicted octanol–water partition coefficient (Wildman–Crippen LogP) is 3.68. The van der Waals surface area contributed by atoms with E-state index in [2.05, 4.69) is 15.9 Å². The van der Waals surface area contributed by atoms with Crippen LogP contribution in [0.5, 0.6) is 0 Å². The summed E-state index contributed by atoms with van der Waals surface area (Å²) in [6.45, 7) is 0.734. The first kappa shape index (κ1) is 14.7. The van der Waals surface area contributed by atoms with Crippen LogP contribution in [0.2, 0.25) is 0 Å². The molecule has 2 rings (SSSR count). The lowest BCUT2D eigenvalue weighted by Crippen LogP contribution is -2.28. The van der Waals surface area contributed by atoms with Crippen LogP contribution in [0.4, 0.5) is 5.69 Å². The Hall–Kier alpha value is -0.720. The molecule has 2 aromatic rings. The van der Waals surface area contributed by atoms with Gasteiger partial charge in [-0.25, -0.2) is 0 Å². The molecule has 2 N–H and O–H groups in total. The number of halogens is 1. The summed E-state index contributed by atoms with van der Waals surface area (Å²) in [4.78, 5) is 14.7. The molecule has 3 nitrogen and oxygen atoms in total. The average molecular weight is 359 g/mol. The van der Waals surface area contributed by atoms with Crippen LogP contribution in [-0.4, -0.2) is 36.4 Å². The van der Waals surface area contributed by atoms with E-state index < -0.39 is 0 Å². The van der Waals surface area contributed by atoms with Gasteiger partial charge in [-0.3, -0.25) is 4.79 Å². The molecule has 0 bridgehead atoms. The highest BCUT2D eigenvalue weighted by atomic mass is 79.9. The fraction of sp³-hybridized carbons (Fsp3) is 0.308. The van der Waals surface area contributed by atoms with Gasteiger partial charge in [0.2, 0.25) is 0 Å². The lowest BCUT2D eigenvalue weighted by Gasteiger charge is -2.15. The molecule has 0 radical (unpaired) electrons. The molecule has 0 saturated heterocycles. The quantitative estimate of drug-likeness (QED) is 0.906. The topological polar surface area (TPSA) is 46.3 Å². The van der Waals surface area contributed by atoms with Gasteiger partial charge in [-0.15, -0.1) is 11.3 Å². The Morgan fingerprint density at radius 2 is 2.26 bits per heavy atom. The van der Waals surface area contributed by atoms with Crippen molar-refractivity contribution in [3.63, 3.8) is 0 Å². The highest BCUT2D eigenvalue weighted by molar-refractivity contribution is 9.10. The molecular weight excluding hydrogens is 344 g/mol. The summed E-state index contributed by atoms with van der Waals surface area (Å²) >= 11 is 6.61. The number of fused-ring (bicyclic) bond motifs is 1. The molecule has 6 heteroatoms. The van der Waals surface area contributed by atoms with E-state index in [1.54, 1.807) is 16.7 Å². The van der Waals surface area contributed by atoms with E-state index in [-0.39, 0.29) is 5.91 Å². The lowest BCUT2D eigenvalue weighted by molar-refractivity contribution is 0.0809. The Balaban J connectivity index is 2.34. The van der Waals surface area contributed by atoms with Crippen LogP contribution < -0.4 is 5.73 Å². The second kappa shape index (κ2) is 6.15. The van der Waals surface area contributed by atoms with Gasteiger partial charge in [0.25, 0.3) is 5.91 Å². The van der Waals surface area contributed by atoms with Gasteiger partial charge in [0, 0.05) is 33.9 Å². The van der Waals surface area contributed by atoms with Crippen LogP contribution >= 0.6 is 39.0 Å². The summed E-state index contributed by atoms with van der Waals surface area (Å²) in [7, 11) is 1.82. The number of anilines is 1. The normalized spacial score (nSPS) is 10.9. The molecule has 1 aromatic carbocycles. The van der Waals surface area contributed by atoms with Gasteiger partial charge in [0.15, 0.2) is 0 Å². The molecule has 19 heavy (non-hydrogen) atoms. The first-order valence-corrected chi connectivity index (χ1v) is 8.77. The summed E-state index contributed by atoms with van der Waals surface area (Å²) < 4.78 is 2.02. The minimum absolute atomic E-state index is 0.00359. The van der Waals surface area contributed by atoms with Crippen molar-refractivity contribution in [3.05, 3.63) is 27.5 Å². The van der Waals surface area contributed by atoms with E-state index >= 15 is 0 Å². The number of amides is 1. The number of nitrogens with two attached hydrogens (primary N) is 1. The third-order valence-electron chi connectivity index (χ3n) is 2.86. The number of carbonyl (C=O) groups is 1. The van der Waals surface area contributed by atoms with Crippen molar-refractivity contribution in [1.29, 1.82) is 0 Å². The number of hydrogen-bond donors (Lipinski definition) is 1. The molecule has 0 atom stereocenters. The number of nitrogens with zero attached hydrogens (tertiary/aromatic N) is 1. The number of thioether (sulfide) groups is 1. The largest absolute Gasteiger partial charge is 0.397 e. The molecule has 0 fully saturated rings. The Bertz CT molecular complexity index is 612. The number of thiophene rings is 1. The highest BCUT2D eigenvalue weighted by Gasteiger charge is 2.19. The summed E-state index contributed by atoms with van der Waals surface area (Å²) in [6.07, 6.45) is 2.03. The van der Waals surface area contributed by atoms with Gasteiger partial charge < -0.3 is 10.6 Å².